The number of hydrogen-bond acceptors (Lipinski definition) is 4. The second kappa shape index (κ2) is 5.62. The van der Waals surface area contributed by atoms with Gasteiger partial charge in [0.05, 0.1) is 22.9 Å². The highest BCUT2D eigenvalue weighted by Gasteiger charge is 2.16. The average Bonchev–Trinajstić information content (AvgIpc) is 3.15. The van der Waals surface area contributed by atoms with Gasteiger partial charge in [0.1, 0.15) is 11.4 Å². The van der Waals surface area contributed by atoms with Crippen molar-refractivity contribution in [3.8, 4) is 22.7 Å². The van der Waals surface area contributed by atoms with Gasteiger partial charge < -0.3 is 9.52 Å². The van der Waals surface area contributed by atoms with Crippen LogP contribution in [0, 0.1) is 0 Å². The molecule has 0 saturated heterocycles. The topological polar surface area (TPSA) is 76.2 Å². The molecule has 0 aliphatic rings. The Balaban J connectivity index is 2.02. The third-order valence-corrected chi connectivity index (χ3v) is 3.71. The lowest BCUT2D eigenvalue weighted by atomic mass is 10.1. The second-order valence-electron chi connectivity index (χ2n) is 5.27. The first-order valence-electron chi connectivity index (χ1n) is 7.37. The molecule has 4 rings (SSSR count). The number of hydrogen-bond donors (Lipinski definition) is 1. The normalized spacial score (nSPS) is 10.8. The van der Waals surface area contributed by atoms with E-state index in [9.17, 15) is 9.90 Å². The molecule has 4 aromatic rings. The van der Waals surface area contributed by atoms with Gasteiger partial charge in [-0.1, -0.05) is 30.3 Å². The Morgan fingerprint density at radius 3 is 2.38 bits per heavy atom. The van der Waals surface area contributed by atoms with E-state index in [1.807, 2.05) is 36.4 Å². The van der Waals surface area contributed by atoms with Crippen LogP contribution < -0.4 is 0 Å². The average molecular weight is 316 g/mol. The zero-order valence-corrected chi connectivity index (χ0v) is 12.5. The van der Waals surface area contributed by atoms with Gasteiger partial charge in [0, 0.05) is 5.56 Å². The molecule has 116 valence electrons. The first-order chi connectivity index (χ1) is 11.7. The Kier molecular flexibility index (Phi) is 3.31. The Labute approximate surface area is 137 Å². The van der Waals surface area contributed by atoms with E-state index in [1.165, 1.54) is 12.1 Å². The minimum Gasteiger partial charge on any atom is -0.478 e. The molecule has 2 aromatic heterocycles. The van der Waals surface area contributed by atoms with Gasteiger partial charge in [-0.05, 0) is 30.3 Å². The summed E-state index contributed by atoms with van der Waals surface area (Å²) in [6.45, 7) is 0. The summed E-state index contributed by atoms with van der Waals surface area (Å²) in [5.41, 5.74) is 3.50. The molecule has 24 heavy (non-hydrogen) atoms. The van der Waals surface area contributed by atoms with Crippen molar-refractivity contribution in [1.29, 1.82) is 0 Å². The minimum absolute atomic E-state index is 0.182. The second-order valence-corrected chi connectivity index (χ2v) is 5.27. The standard InChI is InChI=1S/C19H12N2O3/c22-19(23)13-8-9-14-15(11-13)21-17(12-5-2-1-3-6-12)18(20-14)16-7-4-10-24-16/h1-11H,(H,22,23). The summed E-state index contributed by atoms with van der Waals surface area (Å²) in [5.74, 6) is -0.374. The zero-order valence-electron chi connectivity index (χ0n) is 12.5. The van der Waals surface area contributed by atoms with Crippen molar-refractivity contribution >= 4 is 17.0 Å². The first-order valence-corrected chi connectivity index (χ1v) is 7.37. The molecule has 0 atom stereocenters. The molecule has 0 saturated carbocycles. The number of rotatable bonds is 3. The van der Waals surface area contributed by atoms with Gasteiger partial charge in [-0.15, -0.1) is 0 Å². The largest absolute Gasteiger partial charge is 0.478 e. The van der Waals surface area contributed by atoms with Crippen LogP contribution in [0.2, 0.25) is 0 Å². The van der Waals surface area contributed by atoms with E-state index < -0.39 is 5.97 Å². The summed E-state index contributed by atoms with van der Waals surface area (Å²) >= 11 is 0. The molecule has 2 aromatic carbocycles. The van der Waals surface area contributed by atoms with Gasteiger partial charge in [-0.3, -0.25) is 0 Å². The van der Waals surface area contributed by atoms with Crippen molar-refractivity contribution in [2.24, 2.45) is 0 Å². The maximum Gasteiger partial charge on any atom is 0.335 e. The quantitative estimate of drug-likeness (QED) is 0.611. The molecular weight excluding hydrogens is 304 g/mol. The van der Waals surface area contributed by atoms with Gasteiger partial charge in [-0.25, -0.2) is 14.8 Å². The third-order valence-electron chi connectivity index (χ3n) is 3.71. The first kappa shape index (κ1) is 14.1. The molecule has 0 unspecified atom stereocenters. The molecule has 0 aliphatic heterocycles. The molecule has 1 N–H and O–H groups in total. The van der Waals surface area contributed by atoms with Gasteiger partial charge >= 0.3 is 5.97 Å². The van der Waals surface area contributed by atoms with Crippen molar-refractivity contribution in [2.75, 3.05) is 0 Å². The smallest absolute Gasteiger partial charge is 0.335 e. The number of carboxylic acids is 1. The number of fused-ring (bicyclic) bond motifs is 1. The predicted molar refractivity (Wildman–Crippen MR) is 89.6 cm³/mol. The van der Waals surface area contributed by atoms with Crippen molar-refractivity contribution in [1.82, 2.24) is 9.97 Å². The number of aromatic nitrogens is 2. The summed E-state index contributed by atoms with van der Waals surface area (Å²) in [7, 11) is 0. The predicted octanol–water partition coefficient (Wildman–Crippen LogP) is 4.26. The van der Waals surface area contributed by atoms with E-state index in [2.05, 4.69) is 9.97 Å². The van der Waals surface area contributed by atoms with Crippen molar-refractivity contribution in [3.63, 3.8) is 0 Å². The third kappa shape index (κ3) is 2.42. The van der Waals surface area contributed by atoms with E-state index >= 15 is 0 Å². The van der Waals surface area contributed by atoms with Crippen LogP contribution in [0.4, 0.5) is 0 Å². The van der Waals surface area contributed by atoms with Crippen LogP contribution in [-0.2, 0) is 0 Å². The molecule has 0 aliphatic carbocycles. The lowest BCUT2D eigenvalue weighted by Gasteiger charge is -2.09. The summed E-state index contributed by atoms with van der Waals surface area (Å²) in [6, 6.07) is 18.0. The Morgan fingerprint density at radius 1 is 0.875 bits per heavy atom. The SMILES string of the molecule is O=C(O)c1ccc2nc(-c3ccco3)c(-c3ccccc3)nc2c1. The number of carbonyl (C=O) groups is 1. The fourth-order valence-corrected chi connectivity index (χ4v) is 2.57. The summed E-state index contributed by atoms with van der Waals surface area (Å²) in [6.07, 6.45) is 1.59. The van der Waals surface area contributed by atoms with E-state index in [1.54, 1.807) is 18.4 Å². The van der Waals surface area contributed by atoms with Crippen LogP contribution in [0.25, 0.3) is 33.7 Å². The van der Waals surface area contributed by atoms with E-state index in [-0.39, 0.29) is 5.56 Å². The lowest BCUT2D eigenvalue weighted by molar-refractivity contribution is 0.0697. The van der Waals surface area contributed by atoms with Gasteiger partial charge in [0.2, 0.25) is 0 Å². The van der Waals surface area contributed by atoms with Crippen molar-refractivity contribution in [2.45, 2.75) is 0 Å². The Morgan fingerprint density at radius 2 is 1.67 bits per heavy atom. The van der Waals surface area contributed by atoms with Crippen molar-refractivity contribution < 1.29 is 14.3 Å². The fourth-order valence-electron chi connectivity index (χ4n) is 2.57. The van der Waals surface area contributed by atoms with Crippen LogP contribution >= 0.6 is 0 Å². The molecule has 5 nitrogen and oxygen atoms in total. The molecule has 0 amide bonds. The molecule has 0 fully saturated rings. The maximum absolute atomic E-state index is 11.2. The highest BCUT2D eigenvalue weighted by atomic mass is 16.4. The molecule has 2 heterocycles. The van der Waals surface area contributed by atoms with Crippen LogP contribution in [0.3, 0.4) is 0 Å². The zero-order chi connectivity index (χ0) is 16.5. The van der Waals surface area contributed by atoms with Gasteiger partial charge in [0.15, 0.2) is 5.76 Å². The molecule has 0 radical (unpaired) electrons. The number of aromatic carboxylic acids is 1. The summed E-state index contributed by atoms with van der Waals surface area (Å²) in [4.78, 5) is 20.5. The van der Waals surface area contributed by atoms with Crippen LogP contribution in [0.15, 0.2) is 71.3 Å². The highest BCUT2D eigenvalue weighted by Crippen LogP contribution is 2.31. The molecule has 0 spiro atoms. The summed E-state index contributed by atoms with van der Waals surface area (Å²) < 4.78 is 5.50. The minimum atomic E-state index is -0.991. The van der Waals surface area contributed by atoms with Crippen LogP contribution in [-0.4, -0.2) is 21.0 Å². The summed E-state index contributed by atoms with van der Waals surface area (Å²) in [5, 5.41) is 9.17. The molecule has 0 bridgehead atoms. The number of furan rings is 1. The number of nitrogens with zero attached hydrogens (tertiary/aromatic N) is 2. The van der Waals surface area contributed by atoms with Crippen LogP contribution in [0.1, 0.15) is 10.4 Å². The molecular formula is C19H12N2O3. The van der Waals surface area contributed by atoms with E-state index in [0.29, 0.717) is 28.2 Å². The Bertz CT molecular complexity index is 1030. The van der Waals surface area contributed by atoms with E-state index in [4.69, 9.17) is 4.42 Å². The lowest BCUT2D eigenvalue weighted by Crippen LogP contribution is -1.99. The van der Waals surface area contributed by atoms with Gasteiger partial charge in [0.25, 0.3) is 0 Å². The van der Waals surface area contributed by atoms with Crippen molar-refractivity contribution in [3.05, 3.63) is 72.5 Å². The van der Waals surface area contributed by atoms with Crippen LogP contribution in [0.5, 0.6) is 0 Å². The fraction of sp³-hybridized carbons (Fsp3) is 0. The highest BCUT2D eigenvalue weighted by molar-refractivity contribution is 5.93. The maximum atomic E-state index is 11.2. The van der Waals surface area contributed by atoms with Gasteiger partial charge in [-0.2, -0.15) is 0 Å². The van der Waals surface area contributed by atoms with E-state index in [0.717, 1.165) is 5.56 Å². The number of carboxylic acid groups (broad SMARTS) is 1. The number of benzene rings is 2. The Hall–Kier alpha value is -3.47. The molecule has 5 heteroatoms. The monoisotopic (exact) mass is 316 g/mol.